The number of halogens is 1. The van der Waals surface area contributed by atoms with E-state index in [1.165, 1.54) is 6.07 Å². The van der Waals surface area contributed by atoms with E-state index < -0.39 is 10.0 Å². The highest BCUT2D eigenvalue weighted by molar-refractivity contribution is 9.10. The number of rotatable bonds is 4. The predicted octanol–water partition coefficient (Wildman–Crippen LogP) is 3.75. The monoisotopic (exact) mass is 440 g/mol. The number of nitrogens with one attached hydrogen (secondary N) is 2. The summed E-state index contributed by atoms with van der Waals surface area (Å²) in [6, 6.07) is 12.3. The summed E-state index contributed by atoms with van der Waals surface area (Å²) in [5.74, 6) is -0.101. The Balaban J connectivity index is 1.80. The van der Waals surface area contributed by atoms with Gasteiger partial charge in [-0.1, -0.05) is 35.0 Å². The second kappa shape index (κ2) is 7.49. The van der Waals surface area contributed by atoms with Gasteiger partial charge in [-0.05, 0) is 35.9 Å². The van der Waals surface area contributed by atoms with E-state index in [0.29, 0.717) is 12.1 Å². The lowest BCUT2D eigenvalue weighted by molar-refractivity contribution is -0.116. The fourth-order valence-corrected chi connectivity index (χ4v) is 4.82. The summed E-state index contributed by atoms with van der Waals surface area (Å²) in [5, 5.41) is 2.94. The minimum absolute atomic E-state index is 0.101. The maximum atomic E-state index is 12.6. The first-order chi connectivity index (χ1) is 11.8. The lowest BCUT2D eigenvalue weighted by atomic mass is 10.2. The van der Waals surface area contributed by atoms with Crippen LogP contribution in [0.1, 0.15) is 18.9 Å². The highest BCUT2D eigenvalue weighted by Gasteiger charge is 2.22. The molecule has 1 amide bonds. The zero-order valence-electron chi connectivity index (χ0n) is 13.5. The molecule has 0 saturated carbocycles. The summed E-state index contributed by atoms with van der Waals surface area (Å²) >= 11 is 4.91. The fourth-order valence-electron chi connectivity index (χ4n) is 2.46. The minimum atomic E-state index is -3.67. The smallest absolute Gasteiger partial charge is 0.240 e. The topological polar surface area (TPSA) is 75.3 Å². The van der Waals surface area contributed by atoms with Gasteiger partial charge in [0.1, 0.15) is 0 Å². The van der Waals surface area contributed by atoms with Gasteiger partial charge in [-0.15, -0.1) is 11.8 Å². The maximum absolute atomic E-state index is 12.6. The zero-order valence-corrected chi connectivity index (χ0v) is 16.7. The van der Waals surface area contributed by atoms with Gasteiger partial charge in [-0.25, -0.2) is 13.1 Å². The first kappa shape index (κ1) is 18.4. The maximum Gasteiger partial charge on any atom is 0.240 e. The van der Waals surface area contributed by atoms with Crippen LogP contribution in [0.15, 0.2) is 56.7 Å². The molecule has 0 aliphatic carbocycles. The van der Waals surface area contributed by atoms with E-state index in [0.717, 1.165) is 14.9 Å². The number of benzene rings is 2. The number of carbonyl (C=O) groups is 1. The SMILES string of the molecule is CC1CC(=O)Nc2cc(S(=O)(=O)NCc3ccc(Br)cc3)ccc2S1. The van der Waals surface area contributed by atoms with Crippen molar-refractivity contribution in [2.45, 2.75) is 34.9 Å². The van der Waals surface area contributed by atoms with E-state index in [4.69, 9.17) is 0 Å². The summed E-state index contributed by atoms with van der Waals surface area (Å²) in [6.07, 6.45) is 0.406. The lowest BCUT2D eigenvalue weighted by Crippen LogP contribution is -2.23. The van der Waals surface area contributed by atoms with Crippen LogP contribution in [-0.4, -0.2) is 19.6 Å². The molecule has 2 aromatic rings. The molecular weight excluding hydrogens is 424 g/mol. The molecule has 8 heteroatoms. The molecule has 25 heavy (non-hydrogen) atoms. The number of carbonyl (C=O) groups excluding carboxylic acids is 1. The fraction of sp³-hybridized carbons (Fsp3) is 0.235. The molecule has 0 spiro atoms. The van der Waals surface area contributed by atoms with Gasteiger partial charge in [0, 0.05) is 27.6 Å². The molecule has 1 heterocycles. The van der Waals surface area contributed by atoms with Crippen LogP contribution in [0.2, 0.25) is 0 Å². The Bertz CT molecular complexity index is 899. The predicted molar refractivity (Wildman–Crippen MR) is 103 cm³/mol. The molecule has 2 N–H and O–H groups in total. The number of fused-ring (bicyclic) bond motifs is 1. The molecule has 1 atom stereocenters. The largest absolute Gasteiger partial charge is 0.325 e. The number of hydrogen-bond donors (Lipinski definition) is 2. The third-order valence-corrected chi connectivity index (χ3v) is 6.82. The van der Waals surface area contributed by atoms with Crippen molar-refractivity contribution in [1.82, 2.24) is 4.72 Å². The van der Waals surface area contributed by atoms with E-state index in [-0.39, 0.29) is 22.6 Å². The molecule has 0 bridgehead atoms. The molecule has 0 saturated heterocycles. The number of amides is 1. The first-order valence-corrected chi connectivity index (χ1v) is 10.8. The second-order valence-corrected chi connectivity index (χ2v) is 9.95. The normalized spacial score (nSPS) is 17.5. The molecule has 5 nitrogen and oxygen atoms in total. The van der Waals surface area contributed by atoms with Gasteiger partial charge in [0.2, 0.25) is 15.9 Å². The molecule has 1 unspecified atom stereocenters. The second-order valence-electron chi connectivity index (χ2n) is 5.79. The van der Waals surface area contributed by atoms with E-state index in [1.807, 2.05) is 31.2 Å². The Morgan fingerprint density at radius 3 is 2.68 bits per heavy atom. The lowest BCUT2D eigenvalue weighted by Gasteiger charge is -2.11. The van der Waals surface area contributed by atoms with Crippen LogP contribution in [0.25, 0.3) is 0 Å². The Morgan fingerprint density at radius 2 is 1.96 bits per heavy atom. The van der Waals surface area contributed by atoms with Crippen molar-refractivity contribution in [2.24, 2.45) is 0 Å². The molecule has 2 aromatic carbocycles. The quantitative estimate of drug-likeness (QED) is 0.758. The van der Waals surface area contributed by atoms with Gasteiger partial charge in [-0.2, -0.15) is 0 Å². The third-order valence-electron chi connectivity index (χ3n) is 3.72. The van der Waals surface area contributed by atoms with Crippen molar-refractivity contribution in [2.75, 3.05) is 5.32 Å². The number of sulfonamides is 1. The standard InChI is InChI=1S/C17H17BrN2O3S2/c1-11-8-17(21)20-15-9-14(6-7-16(15)24-11)25(22,23)19-10-12-2-4-13(18)5-3-12/h2-7,9,11,19H,8,10H2,1H3,(H,20,21). The van der Waals surface area contributed by atoms with Crippen LogP contribution in [0.4, 0.5) is 5.69 Å². The summed E-state index contributed by atoms with van der Waals surface area (Å²) in [4.78, 5) is 12.9. The van der Waals surface area contributed by atoms with Crippen molar-refractivity contribution in [3.63, 3.8) is 0 Å². The van der Waals surface area contributed by atoms with Crippen molar-refractivity contribution < 1.29 is 13.2 Å². The molecule has 0 aromatic heterocycles. The molecule has 0 fully saturated rings. The van der Waals surface area contributed by atoms with Crippen LogP contribution in [0.3, 0.4) is 0 Å². The molecule has 3 rings (SSSR count). The van der Waals surface area contributed by atoms with E-state index in [9.17, 15) is 13.2 Å². The Kier molecular flexibility index (Phi) is 5.52. The molecule has 0 radical (unpaired) electrons. The Labute approximate surface area is 159 Å². The van der Waals surface area contributed by atoms with Gasteiger partial charge in [0.15, 0.2) is 0 Å². The van der Waals surface area contributed by atoms with Crippen molar-refractivity contribution in [3.05, 3.63) is 52.5 Å². The minimum Gasteiger partial charge on any atom is -0.325 e. The van der Waals surface area contributed by atoms with Crippen molar-refractivity contribution in [1.29, 1.82) is 0 Å². The van der Waals surface area contributed by atoms with E-state index >= 15 is 0 Å². The summed E-state index contributed by atoms with van der Waals surface area (Å²) < 4.78 is 28.6. The molecular formula is C17H17BrN2O3S2. The van der Waals surface area contributed by atoms with Crippen LogP contribution in [-0.2, 0) is 21.4 Å². The van der Waals surface area contributed by atoms with E-state index in [2.05, 4.69) is 26.0 Å². The van der Waals surface area contributed by atoms with E-state index in [1.54, 1.807) is 23.9 Å². The highest BCUT2D eigenvalue weighted by atomic mass is 79.9. The van der Waals surface area contributed by atoms with Crippen LogP contribution in [0, 0.1) is 0 Å². The first-order valence-electron chi connectivity index (χ1n) is 7.68. The number of hydrogen-bond acceptors (Lipinski definition) is 4. The van der Waals surface area contributed by atoms with Gasteiger partial charge < -0.3 is 5.32 Å². The van der Waals surface area contributed by atoms with Gasteiger partial charge in [0.25, 0.3) is 0 Å². The number of anilines is 1. The molecule has 1 aliphatic heterocycles. The van der Waals surface area contributed by atoms with Gasteiger partial charge in [0.05, 0.1) is 10.6 Å². The van der Waals surface area contributed by atoms with Crippen LogP contribution < -0.4 is 10.0 Å². The molecule has 132 valence electrons. The summed E-state index contributed by atoms with van der Waals surface area (Å²) in [6.45, 7) is 2.18. The average molecular weight is 441 g/mol. The van der Waals surface area contributed by atoms with Crippen LogP contribution in [0.5, 0.6) is 0 Å². The third kappa shape index (κ3) is 4.63. The van der Waals surface area contributed by atoms with Gasteiger partial charge >= 0.3 is 0 Å². The van der Waals surface area contributed by atoms with Crippen molar-refractivity contribution >= 4 is 49.3 Å². The van der Waals surface area contributed by atoms with Crippen LogP contribution >= 0.6 is 27.7 Å². The number of thioether (sulfide) groups is 1. The Hall–Kier alpha value is -1.35. The zero-order chi connectivity index (χ0) is 18.0. The summed E-state index contributed by atoms with van der Waals surface area (Å²) in [5.41, 5.74) is 1.41. The van der Waals surface area contributed by atoms with Gasteiger partial charge in [-0.3, -0.25) is 4.79 Å². The molecule has 1 aliphatic rings. The summed E-state index contributed by atoms with van der Waals surface area (Å²) in [7, 11) is -3.67. The average Bonchev–Trinajstić information content (AvgIpc) is 2.69. The Morgan fingerprint density at radius 1 is 1.24 bits per heavy atom. The van der Waals surface area contributed by atoms with Crippen molar-refractivity contribution in [3.8, 4) is 0 Å². The highest BCUT2D eigenvalue weighted by Crippen LogP contribution is 2.36.